The quantitative estimate of drug-likeness (QED) is 0.816. The Morgan fingerprint density at radius 1 is 1.23 bits per heavy atom. The van der Waals surface area contributed by atoms with Gasteiger partial charge in [-0.3, -0.25) is 4.72 Å². The molecule has 0 fully saturated rings. The molecule has 0 saturated carbocycles. The summed E-state index contributed by atoms with van der Waals surface area (Å²) in [6.45, 7) is 0.721. The molecule has 2 N–H and O–H groups in total. The molecule has 22 heavy (non-hydrogen) atoms. The third-order valence-corrected chi connectivity index (χ3v) is 3.53. The van der Waals surface area contributed by atoms with Crippen LogP contribution in [0.4, 0.5) is 11.5 Å². The van der Waals surface area contributed by atoms with Gasteiger partial charge >= 0.3 is 0 Å². The molecule has 0 saturated heterocycles. The monoisotopic (exact) mass is 321 g/mol. The van der Waals surface area contributed by atoms with Gasteiger partial charge in [0.2, 0.25) is 10.0 Å². The Morgan fingerprint density at radius 3 is 2.68 bits per heavy atom. The van der Waals surface area contributed by atoms with Crippen molar-refractivity contribution in [1.29, 1.82) is 0 Å². The lowest BCUT2D eigenvalue weighted by atomic mass is 10.1. The molecule has 2 rings (SSSR count). The minimum atomic E-state index is -3.27. The average molecular weight is 321 g/mol. The summed E-state index contributed by atoms with van der Waals surface area (Å²) in [5.74, 6) is 1.54. The van der Waals surface area contributed by atoms with Gasteiger partial charge in [-0.25, -0.2) is 13.4 Å². The summed E-state index contributed by atoms with van der Waals surface area (Å²) in [5, 5.41) is 3.19. The molecule has 6 nitrogen and oxygen atoms in total. The van der Waals surface area contributed by atoms with Gasteiger partial charge < -0.3 is 10.1 Å². The zero-order chi connectivity index (χ0) is 16.0. The van der Waals surface area contributed by atoms with Crippen molar-refractivity contribution in [3.8, 4) is 5.75 Å². The van der Waals surface area contributed by atoms with E-state index in [-0.39, 0.29) is 0 Å². The van der Waals surface area contributed by atoms with E-state index in [1.54, 1.807) is 19.2 Å². The summed E-state index contributed by atoms with van der Waals surface area (Å²) < 4.78 is 29.8. The number of nitrogens with zero attached hydrogens (tertiary/aromatic N) is 1. The third-order valence-electron chi connectivity index (χ3n) is 2.92. The number of aromatic nitrogens is 1. The molecule has 0 aliphatic rings. The van der Waals surface area contributed by atoms with Crippen molar-refractivity contribution in [3.63, 3.8) is 0 Å². The summed E-state index contributed by atoms with van der Waals surface area (Å²) >= 11 is 0. The maximum absolute atomic E-state index is 11.1. The number of ether oxygens (including phenoxy) is 1. The molecular weight excluding hydrogens is 302 g/mol. The van der Waals surface area contributed by atoms with Crippen molar-refractivity contribution in [2.75, 3.05) is 29.9 Å². The highest BCUT2D eigenvalue weighted by Gasteiger charge is 2.02. The van der Waals surface area contributed by atoms with Crippen LogP contribution in [0.1, 0.15) is 5.56 Å². The van der Waals surface area contributed by atoms with Crippen LogP contribution in [0.2, 0.25) is 0 Å². The lowest BCUT2D eigenvalue weighted by Gasteiger charge is -2.08. The number of hydrogen-bond acceptors (Lipinski definition) is 5. The topological polar surface area (TPSA) is 80.3 Å². The lowest BCUT2D eigenvalue weighted by molar-refractivity contribution is 0.414. The second-order valence-corrected chi connectivity index (χ2v) is 6.58. The average Bonchev–Trinajstić information content (AvgIpc) is 2.48. The predicted octanol–water partition coefficient (Wildman–Crippen LogP) is 2.12. The molecule has 0 aliphatic heterocycles. The molecule has 0 unspecified atom stereocenters. The number of pyridine rings is 1. The van der Waals surface area contributed by atoms with Crippen molar-refractivity contribution >= 4 is 21.5 Å². The van der Waals surface area contributed by atoms with Gasteiger partial charge in [-0.1, -0.05) is 12.1 Å². The molecule has 0 atom stereocenters. The number of hydrogen-bond donors (Lipinski definition) is 2. The van der Waals surface area contributed by atoms with Crippen LogP contribution >= 0.6 is 0 Å². The van der Waals surface area contributed by atoms with Gasteiger partial charge in [0.05, 0.1) is 25.2 Å². The molecule has 118 valence electrons. The molecule has 2 aromatic rings. The standard InChI is InChI=1S/C15H19N3O3S/c1-21-14-5-3-4-12(10-14)8-9-16-15-7-6-13(11-17-15)18-22(2,19)20/h3-7,10-11,18H,8-9H2,1-2H3,(H,16,17). The zero-order valence-corrected chi connectivity index (χ0v) is 13.4. The summed E-state index contributed by atoms with van der Waals surface area (Å²) in [5.41, 5.74) is 1.61. The van der Waals surface area contributed by atoms with Crippen LogP contribution in [0.15, 0.2) is 42.6 Å². The van der Waals surface area contributed by atoms with Gasteiger partial charge in [0, 0.05) is 6.54 Å². The van der Waals surface area contributed by atoms with Crippen LogP contribution in [-0.4, -0.2) is 33.3 Å². The van der Waals surface area contributed by atoms with Crippen LogP contribution in [0.25, 0.3) is 0 Å². The van der Waals surface area contributed by atoms with Crippen molar-refractivity contribution in [3.05, 3.63) is 48.2 Å². The Morgan fingerprint density at radius 2 is 2.05 bits per heavy atom. The van der Waals surface area contributed by atoms with Gasteiger partial charge in [-0.2, -0.15) is 0 Å². The fourth-order valence-corrected chi connectivity index (χ4v) is 2.48. The minimum absolute atomic E-state index is 0.445. The third kappa shape index (κ3) is 5.25. The second kappa shape index (κ2) is 7.13. The van der Waals surface area contributed by atoms with Gasteiger partial charge in [0.1, 0.15) is 11.6 Å². The van der Waals surface area contributed by atoms with E-state index in [1.165, 1.54) is 11.8 Å². The molecule has 1 aromatic heterocycles. The molecule has 7 heteroatoms. The van der Waals surface area contributed by atoms with E-state index in [1.807, 2.05) is 24.3 Å². The number of rotatable bonds is 7. The van der Waals surface area contributed by atoms with E-state index in [4.69, 9.17) is 4.74 Å². The van der Waals surface area contributed by atoms with Crippen molar-refractivity contribution in [2.45, 2.75) is 6.42 Å². The van der Waals surface area contributed by atoms with Crippen molar-refractivity contribution < 1.29 is 13.2 Å². The fourth-order valence-electron chi connectivity index (χ4n) is 1.94. The van der Waals surface area contributed by atoms with E-state index >= 15 is 0 Å². The van der Waals surface area contributed by atoms with Gasteiger partial charge in [0.15, 0.2) is 0 Å². The number of benzene rings is 1. The second-order valence-electron chi connectivity index (χ2n) is 4.83. The highest BCUT2D eigenvalue weighted by atomic mass is 32.2. The van der Waals surface area contributed by atoms with Crippen LogP contribution in [-0.2, 0) is 16.4 Å². The zero-order valence-electron chi connectivity index (χ0n) is 12.5. The highest BCUT2D eigenvalue weighted by Crippen LogP contribution is 2.14. The molecular formula is C15H19N3O3S. The van der Waals surface area contributed by atoms with Crippen LogP contribution in [0.5, 0.6) is 5.75 Å². The van der Waals surface area contributed by atoms with E-state index in [9.17, 15) is 8.42 Å². The van der Waals surface area contributed by atoms with E-state index in [0.717, 1.165) is 25.0 Å². The summed E-state index contributed by atoms with van der Waals surface area (Å²) in [7, 11) is -1.63. The van der Waals surface area contributed by atoms with Crippen LogP contribution < -0.4 is 14.8 Å². The Labute approximate surface area is 130 Å². The first-order chi connectivity index (χ1) is 10.5. The Kier molecular flexibility index (Phi) is 5.21. The maximum atomic E-state index is 11.1. The molecule has 0 amide bonds. The first kappa shape index (κ1) is 16.1. The first-order valence-electron chi connectivity index (χ1n) is 6.77. The Bertz CT molecular complexity index is 715. The van der Waals surface area contributed by atoms with Crippen LogP contribution in [0, 0.1) is 0 Å². The van der Waals surface area contributed by atoms with E-state index in [2.05, 4.69) is 15.0 Å². The molecule has 1 aromatic carbocycles. The Balaban J connectivity index is 1.86. The van der Waals surface area contributed by atoms with Gasteiger partial charge in [-0.05, 0) is 36.2 Å². The molecule has 1 heterocycles. The molecule has 0 radical (unpaired) electrons. The number of sulfonamides is 1. The molecule has 0 spiro atoms. The molecule has 0 aliphatic carbocycles. The summed E-state index contributed by atoms with van der Waals surface area (Å²) in [6, 6.07) is 11.3. The minimum Gasteiger partial charge on any atom is -0.497 e. The van der Waals surface area contributed by atoms with Crippen molar-refractivity contribution in [1.82, 2.24) is 4.98 Å². The normalized spacial score (nSPS) is 11.0. The molecule has 0 bridgehead atoms. The van der Waals surface area contributed by atoms with Crippen LogP contribution in [0.3, 0.4) is 0 Å². The number of anilines is 2. The van der Waals surface area contributed by atoms with E-state index in [0.29, 0.717) is 11.5 Å². The first-order valence-corrected chi connectivity index (χ1v) is 8.66. The maximum Gasteiger partial charge on any atom is 0.229 e. The summed E-state index contributed by atoms with van der Waals surface area (Å²) in [6.07, 6.45) is 3.42. The number of methoxy groups -OCH3 is 1. The van der Waals surface area contributed by atoms with Gasteiger partial charge in [0.25, 0.3) is 0 Å². The fraction of sp³-hybridized carbons (Fsp3) is 0.267. The predicted molar refractivity (Wildman–Crippen MR) is 87.9 cm³/mol. The Hall–Kier alpha value is -2.28. The number of nitrogens with one attached hydrogen (secondary N) is 2. The van der Waals surface area contributed by atoms with E-state index < -0.39 is 10.0 Å². The highest BCUT2D eigenvalue weighted by molar-refractivity contribution is 7.92. The summed E-state index contributed by atoms with van der Waals surface area (Å²) in [4.78, 5) is 4.17. The van der Waals surface area contributed by atoms with Crippen molar-refractivity contribution in [2.24, 2.45) is 0 Å². The lowest BCUT2D eigenvalue weighted by Crippen LogP contribution is -2.10. The largest absolute Gasteiger partial charge is 0.497 e. The smallest absolute Gasteiger partial charge is 0.229 e. The SMILES string of the molecule is COc1cccc(CCNc2ccc(NS(C)(=O)=O)cn2)c1. The van der Waals surface area contributed by atoms with Gasteiger partial charge in [-0.15, -0.1) is 0 Å².